The van der Waals surface area contributed by atoms with Crippen LogP contribution in [0.2, 0.25) is 0 Å². The number of benzene rings is 1. The SMILES string of the molecule is C=CCOc1ccc(/C=C2/C(=O)N(C3CCCCC3)C(=S)N2C)cc1OCC. The normalized spacial score (nSPS) is 19.4. The highest BCUT2D eigenvalue weighted by atomic mass is 32.1. The van der Waals surface area contributed by atoms with Crippen LogP contribution in [0.15, 0.2) is 36.6 Å². The van der Waals surface area contributed by atoms with Crippen molar-refractivity contribution in [2.75, 3.05) is 20.3 Å². The van der Waals surface area contributed by atoms with Gasteiger partial charge in [0.05, 0.1) is 6.61 Å². The molecule has 0 bridgehead atoms. The second kappa shape index (κ2) is 9.24. The summed E-state index contributed by atoms with van der Waals surface area (Å²) >= 11 is 5.59. The van der Waals surface area contributed by atoms with Gasteiger partial charge < -0.3 is 14.4 Å². The summed E-state index contributed by atoms with van der Waals surface area (Å²) in [6.45, 7) is 6.54. The third-order valence-corrected chi connectivity index (χ3v) is 5.63. The molecule has 0 aromatic heterocycles. The van der Waals surface area contributed by atoms with Gasteiger partial charge in [0.2, 0.25) is 0 Å². The van der Waals surface area contributed by atoms with E-state index < -0.39 is 0 Å². The number of ether oxygens (including phenoxy) is 2. The predicted molar refractivity (Wildman–Crippen MR) is 115 cm³/mol. The highest BCUT2D eigenvalue weighted by Crippen LogP contribution is 2.33. The van der Waals surface area contributed by atoms with Crippen molar-refractivity contribution >= 4 is 29.3 Å². The average molecular weight is 401 g/mol. The minimum Gasteiger partial charge on any atom is -0.490 e. The molecule has 1 saturated carbocycles. The molecule has 6 heteroatoms. The zero-order valence-electron chi connectivity index (χ0n) is 16.6. The first-order valence-electron chi connectivity index (χ1n) is 9.90. The number of carbonyl (C=O) groups excluding carboxylic acids is 1. The standard InChI is InChI=1S/C22H28N2O3S/c1-4-13-27-19-12-11-16(15-20(19)26-5-2)14-18-21(25)24(22(28)23(18)3)17-9-7-6-8-10-17/h4,11-12,14-15,17H,1,5-10,13H2,2-3H3/b18-14-. The van der Waals surface area contributed by atoms with Gasteiger partial charge in [-0.1, -0.05) is 38.0 Å². The lowest BCUT2D eigenvalue weighted by Gasteiger charge is -2.30. The molecule has 1 amide bonds. The number of thiocarbonyl (C=S) groups is 1. The van der Waals surface area contributed by atoms with Gasteiger partial charge in [-0.15, -0.1) is 0 Å². The number of nitrogens with zero attached hydrogens (tertiary/aromatic N) is 2. The molecule has 0 spiro atoms. The van der Waals surface area contributed by atoms with Crippen LogP contribution in [0.3, 0.4) is 0 Å². The maximum absolute atomic E-state index is 13.1. The van der Waals surface area contributed by atoms with E-state index in [9.17, 15) is 4.79 Å². The first-order chi connectivity index (χ1) is 13.6. The van der Waals surface area contributed by atoms with Gasteiger partial charge in [0.1, 0.15) is 12.3 Å². The Balaban J connectivity index is 1.87. The van der Waals surface area contributed by atoms with Crippen LogP contribution in [0, 0.1) is 0 Å². The summed E-state index contributed by atoms with van der Waals surface area (Å²) < 4.78 is 11.4. The molecule has 1 aromatic carbocycles. The average Bonchev–Trinajstić information content (AvgIpc) is 2.91. The molecular formula is C22H28N2O3S. The van der Waals surface area contributed by atoms with Gasteiger partial charge in [-0.25, -0.2) is 0 Å². The maximum atomic E-state index is 13.1. The zero-order chi connectivity index (χ0) is 20.1. The van der Waals surface area contributed by atoms with Gasteiger partial charge in [-0.2, -0.15) is 0 Å². The molecule has 1 aliphatic heterocycles. The van der Waals surface area contributed by atoms with Crippen LogP contribution < -0.4 is 9.47 Å². The molecule has 0 atom stereocenters. The molecule has 5 nitrogen and oxygen atoms in total. The third-order valence-electron chi connectivity index (χ3n) is 5.16. The van der Waals surface area contributed by atoms with Crippen molar-refractivity contribution in [2.24, 2.45) is 0 Å². The molecule has 1 aromatic rings. The van der Waals surface area contributed by atoms with E-state index in [4.69, 9.17) is 21.7 Å². The summed E-state index contributed by atoms with van der Waals surface area (Å²) in [4.78, 5) is 16.7. The van der Waals surface area contributed by atoms with Crippen molar-refractivity contribution in [3.63, 3.8) is 0 Å². The Morgan fingerprint density at radius 3 is 2.64 bits per heavy atom. The first-order valence-corrected chi connectivity index (χ1v) is 10.3. The van der Waals surface area contributed by atoms with Gasteiger partial charge in [-0.3, -0.25) is 9.69 Å². The van der Waals surface area contributed by atoms with Crippen LogP contribution in [0.4, 0.5) is 0 Å². The Morgan fingerprint density at radius 2 is 1.96 bits per heavy atom. The smallest absolute Gasteiger partial charge is 0.277 e. The topological polar surface area (TPSA) is 42.0 Å². The Bertz CT molecular complexity index is 784. The maximum Gasteiger partial charge on any atom is 0.277 e. The second-order valence-electron chi connectivity index (χ2n) is 7.08. The fraction of sp³-hybridized carbons (Fsp3) is 0.455. The molecule has 150 valence electrons. The Kier molecular flexibility index (Phi) is 6.73. The molecule has 1 saturated heterocycles. The van der Waals surface area contributed by atoms with Crippen molar-refractivity contribution < 1.29 is 14.3 Å². The molecular weight excluding hydrogens is 372 g/mol. The highest BCUT2D eigenvalue weighted by Gasteiger charge is 2.40. The van der Waals surface area contributed by atoms with Crippen LogP contribution in [-0.2, 0) is 4.79 Å². The molecule has 1 aliphatic carbocycles. The molecule has 2 aliphatic rings. The summed E-state index contributed by atoms with van der Waals surface area (Å²) in [5.41, 5.74) is 1.47. The summed E-state index contributed by atoms with van der Waals surface area (Å²) in [6, 6.07) is 5.89. The van der Waals surface area contributed by atoms with Gasteiger partial charge in [-0.05, 0) is 55.8 Å². The fourth-order valence-electron chi connectivity index (χ4n) is 3.75. The quantitative estimate of drug-likeness (QED) is 0.386. The minimum atomic E-state index is -0.00987. The van der Waals surface area contributed by atoms with E-state index in [0.717, 1.165) is 31.2 Å². The molecule has 0 N–H and O–H groups in total. The van der Waals surface area contributed by atoms with Crippen molar-refractivity contribution in [1.29, 1.82) is 0 Å². The van der Waals surface area contributed by atoms with Gasteiger partial charge in [0.15, 0.2) is 16.6 Å². The number of hydrogen-bond donors (Lipinski definition) is 0. The van der Waals surface area contributed by atoms with Crippen LogP contribution in [-0.4, -0.2) is 47.1 Å². The Morgan fingerprint density at radius 1 is 1.21 bits per heavy atom. The Hall–Kier alpha value is -2.34. The summed E-state index contributed by atoms with van der Waals surface area (Å²) in [7, 11) is 1.86. The molecule has 0 unspecified atom stereocenters. The molecule has 3 rings (SSSR count). The number of amides is 1. The van der Waals surface area contributed by atoms with Crippen molar-refractivity contribution in [3.05, 3.63) is 42.1 Å². The molecule has 1 heterocycles. The lowest BCUT2D eigenvalue weighted by molar-refractivity contribution is -0.124. The van der Waals surface area contributed by atoms with Crippen LogP contribution >= 0.6 is 12.2 Å². The highest BCUT2D eigenvalue weighted by molar-refractivity contribution is 7.80. The molecule has 2 fully saturated rings. The van der Waals surface area contributed by atoms with Crippen LogP contribution in [0.25, 0.3) is 6.08 Å². The van der Waals surface area contributed by atoms with Crippen molar-refractivity contribution in [2.45, 2.75) is 45.1 Å². The molecule has 28 heavy (non-hydrogen) atoms. The monoisotopic (exact) mass is 400 g/mol. The van der Waals surface area contributed by atoms with E-state index in [-0.39, 0.29) is 11.9 Å². The molecule has 0 radical (unpaired) electrons. The van der Waals surface area contributed by atoms with Gasteiger partial charge in [0.25, 0.3) is 5.91 Å². The summed E-state index contributed by atoms with van der Waals surface area (Å²) in [5, 5.41) is 0.596. The van der Waals surface area contributed by atoms with Crippen molar-refractivity contribution in [3.8, 4) is 11.5 Å². The van der Waals surface area contributed by atoms with E-state index in [1.807, 2.05) is 48.0 Å². The van der Waals surface area contributed by atoms with E-state index in [0.29, 0.717) is 35.5 Å². The Labute approximate surface area is 172 Å². The summed E-state index contributed by atoms with van der Waals surface area (Å²) in [6.07, 6.45) is 9.17. The van der Waals surface area contributed by atoms with Crippen molar-refractivity contribution in [1.82, 2.24) is 9.80 Å². The minimum absolute atomic E-state index is 0.00987. The van der Waals surface area contributed by atoms with Crippen LogP contribution in [0.1, 0.15) is 44.6 Å². The lowest BCUT2D eigenvalue weighted by atomic mass is 9.94. The summed E-state index contributed by atoms with van der Waals surface area (Å²) in [5.74, 6) is 1.30. The number of carbonyl (C=O) groups is 1. The second-order valence-corrected chi connectivity index (χ2v) is 7.44. The van der Waals surface area contributed by atoms with E-state index in [2.05, 4.69) is 6.58 Å². The lowest BCUT2D eigenvalue weighted by Crippen LogP contribution is -2.41. The third kappa shape index (κ3) is 4.22. The number of likely N-dealkylation sites (N-methyl/N-ethyl adjacent to an activating group) is 1. The van der Waals surface area contributed by atoms with Gasteiger partial charge >= 0.3 is 0 Å². The zero-order valence-corrected chi connectivity index (χ0v) is 17.5. The fourth-order valence-corrected chi connectivity index (χ4v) is 4.08. The van der Waals surface area contributed by atoms with E-state index >= 15 is 0 Å². The van der Waals surface area contributed by atoms with Crippen LogP contribution in [0.5, 0.6) is 11.5 Å². The first kappa shape index (κ1) is 20.4. The largest absolute Gasteiger partial charge is 0.490 e. The van der Waals surface area contributed by atoms with E-state index in [1.165, 1.54) is 6.42 Å². The predicted octanol–water partition coefficient (Wildman–Crippen LogP) is 4.38. The van der Waals surface area contributed by atoms with Gasteiger partial charge in [0, 0.05) is 13.1 Å². The number of hydrogen-bond acceptors (Lipinski definition) is 4. The van der Waals surface area contributed by atoms with E-state index in [1.54, 1.807) is 6.08 Å². The number of rotatable bonds is 7.